The number of fused-ring (bicyclic) bond motifs is 1. The summed E-state index contributed by atoms with van der Waals surface area (Å²) in [5, 5.41) is 10.3. The number of nitrogens with zero attached hydrogens (tertiary/aromatic N) is 5. The van der Waals surface area contributed by atoms with Gasteiger partial charge >= 0.3 is 0 Å². The van der Waals surface area contributed by atoms with Crippen molar-refractivity contribution in [3.05, 3.63) is 47.0 Å². The molecule has 1 amide bonds. The van der Waals surface area contributed by atoms with Crippen molar-refractivity contribution >= 4 is 17.1 Å². The molecule has 0 unspecified atom stereocenters. The van der Waals surface area contributed by atoms with Crippen LogP contribution in [0.3, 0.4) is 0 Å². The molecule has 11 heteroatoms. The zero-order valence-corrected chi connectivity index (χ0v) is 16.3. The number of oxazole rings is 1. The predicted molar refractivity (Wildman–Crippen MR) is 106 cm³/mol. The summed E-state index contributed by atoms with van der Waals surface area (Å²) in [6.07, 6.45) is 3.20. The highest BCUT2D eigenvalue weighted by atomic mass is 16.4. The summed E-state index contributed by atoms with van der Waals surface area (Å²) in [5.41, 5.74) is 19.1. The van der Waals surface area contributed by atoms with Crippen LogP contribution in [0.2, 0.25) is 0 Å². The zero-order valence-electron chi connectivity index (χ0n) is 16.3. The van der Waals surface area contributed by atoms with E-state index in [1.54, 1.807) is 26.2 Å². The van der Waals surface area contributed by atoms with Gasteiger partial charge in [0.2, 0.25) is 11.7 Å². The molecule has 0 saturated heterocycles. The maximum atomic E-state index is 11.9. The van der Waals surface area contributed by atoms with Gasteiger partial charge in [0.05, 0.1) is 24.0 Å². The first-order chi connectivity index (χ1) is 13.8. The van der Waals surface area contributed by atoms with Crippen LogP contribution in [0.1, 0.15) is 41.8 Å². The fourth-order valence-electron chi connectivity index (χ4n) is 2.80. The average Bonchev–Trinajstić information content (AvgIpc) is 3.26. The van der Waals surface area contributed by atoms with E-state index in [0.29, 0.717) is 34.9 Å². The van der Waals surface area contributed by atoms with Crippen LogP contribution in [0.4, 0.5) is 0 Å². The van der Waals surface area contributed by atoms with Crippen LogP contribution >= 0.6 is 0 Å². The van der Waals surface area contributed by atoms with E-state index in [4.69, 9.17) is 21.6 Å². The standard InChI is InChI=1S/C18H22N8O3/c1-4-22-14(15(27)9(3)20)18-25-13(11(5-19)29-18)12-10-6-23-8(2)7-26(10)17(24-12)16(21)28/h6-7,27H,4-5,19-20H2,1-3H3,(H2,21,28). The first kappa shape index (κ1) is 20.0. The minimum Gasteiger partial charge on any atom is -0.504 e. The second-order valence-corrected chi connectivity index (χ2v) is 6.28. The maximum absolute atomic E-state index is 11.9. The molecule has 0 spiro atoms. The van der Waals surface area contributed by atoms with Crippen molar-refractivity contribution in [3.8, 4) is 11.4 Å². The number of aliphatic hydroxyl groups is 1. The zero-order chi connectivity index (χ0) is 21.3. The van der Waals surface area contributed by atoms with E-state index in [1.807, 2.05) is 0 Å². The lowest BCUT2D eigenvalue weighted by atomic mass is 10.2. The number of primary amides is 1. The number of aliphatic hydroxyl groups excluding tert-OH is 1. The summed E-state index contributed by atoms with van der Waals surface area (Å²) >= 11 is 0. The minimum atomic E-state index is -0.706. The minimum absolute atomic E-state index is 0.00195. The molecular formula is C18H22N8O3. The number of rotatable bonds is 6. The largest absolute Gasteiger partial charge is 0.504 e. The number of allylic oxidation sites excluding steroid dienone is 2. The average molecular weight is 398 g/mol. The summed E-state index contributed by atoms with van der Waals surface area (Å²) in [4.78, 5) is 29.1. The van der Waals surface area contributed by atoms with Crippen molar-refractivity contribution in [1.29, 1.82) is 0 Å². The van der Waals surface area contributed by atoms with Crippen LogP contribution in [-0.2, 0) is 6.54 Å². The van der Waals surface area contributed by atoms with Gasteiger partial charge in [-0.05, 0) is 20.8 Å². The molecule has 0 fully saturated rings. The van der Waals surface area contributed by atoms with Gasteiger partial charge in [-0.25, -0.2) is 9.97 Å². The Hall–Kier alpha value is -3.73. The Morgan fingerprint density at radius 3 is 2.62 bits per heavy atom. The van der Waals surface area contributed by atoms with E-state index < -0.39 is 5.91 Å². The van der Waals surface area contributed by atoms with Crippen molar-refractivity contribution in [2.75, 3.05) is 6.54 Å². The van der Waals surface area contributed by atoms with Gasteiger partial charge in [-0.2, -0.15) is 0 Å². The van der Waals surface area contributed by atoms with Gasteiger partial charge in [-0.15, -0.1) is 0 Å². The molecular weight excluding hydrogens is 376 g/mol. The molecule has 0 aliphatic carbocycles. The summed E-state index contributed by atoms with van der Waals surface area (Å²) in [7, 11) is 0. The van der Waals surface area contributed by atoms with E-state index in [1.165, 1.54) is 11.3 Å². The van der Waals surface area contributed by atoms with Crippen LogP contribution in [0.25, 0.3) is 16.9 Å². The normalized spacial score (nSPS) is 13.0. The first-order valence-electron chi connectivity index (χ1n) is 8.83. The number of carbonyl (C=O) groups excluding carboxylic acids is 1. The number of carbonyl (C=O) groups is 1. The van der Waals surface area contributed by atoms with Gasteiger partial charge in [0.1, 0.15) is 17.1 Å². The van der Waals surface area contributed by atoms with E-state index in [-0.39, 0.29) is 35.4 Å². The second kappa shape index (κ2) is 7.72. The summed E-state index contributed by atoms with van der Waals surface area (Å²) < 4.78 is 7.28. The van der Waals surface area contributed by atoms with Crippen LogP contribution in [0.5, 0.6) is 0 Å². The number of hydrogen-bond acceptors (Lipinski definition) is 9. The smallest absolute Gasteiger partial charge is 0.285 e. The number of hydrogen-bond donors (Lipinski definition) is 4. The topological polar surface area (TPSA) is 184 Å². The molecule has 3 heterocycles. The highest BCUT2D eigenvalue weighted by Crippen LogP contribution is 2.29. The van der Waals surface area contributed by atoms with Crippen LogP contribution in [0.15, 0.2) is 33.3 Å². The quantitative estimate of drug-likeness (QED) is 0.347. The number of aryl methyl sites for hydroxylation is 1. The Bertz CT molecular complexity index is 1150. The van der Waals surface area contributed by atoms with Gasteiger partial charge in [-0.3, -0.25) is 19.2 Å². The van der Waals surface area contributed by atoms with Gasteiger partial charge < -0.3 is 26.7 Å². The third-order valence-electron chi connectivity index (χ3n) is 4.10. The van der Waals surface area contributed by atoms with Crippen LogP contribution in [0, 0.1) is 6.92 Å². The lowest BCUT2D eigenvalue weighted by Gasteiger charge is -2.03. The molecule has 3 aromatic heterocycles. The molecule has 0 aliphatic heterocycles. The molecule has 0 aromatic carbocycles. The molecule has 11 nitrogen and oxygen atoms in total. The first-order valence-corrected chi connectivity index (χ1v) is 8.83. The Labute approximate surface area is 166 Å². The molecule has 0 radical (unpaired) electrons. The fraction of sp³-hybridized carbons (Fsp3) is 0.278. The Morgan fingerprint density at radius 1 is 1.31 bits per heavy atom. The van der Waals surface area contributed by atoms with E-state index in [9.17, 15) is 9.90 Å². The monoisotopic (exact) mass is 398 g/mol. The van der Waals surface area contributed by atoms with Gasteiger partial charge in [0, 0.05) is 18.4 Å². The molecule has 152 valence electrons. The highest BCUT2D eigenvalue weighted by molar-refractivity contribution is 6.08. The number of aliphatic imine (C=N–C) groups is 1. The van der Waals surface area contributed by atoms with Gasteiger partial charge in [0.15, 0.2) is 11.5 Å². The molecule has 0 bridgehead atoms. The number of aromatic nitrogens is 4. The van der Waals surface area contributed by atoms with E-state index in [0.717, 1.165) is 0 Å². The molecule has 3 rings (SSSR count). The predicted octanol–water partition coefficient (Wildman–Crippen LogP) is 0.808. The molecule has 0 saturated carbocycles. The number of imidazole rings is 1. The highest BCUT2D eigenvalue weighted by Gasteiger charge is 2.26. The Kier molecular flexibility index (Phi) is 5.33. The lowest BCUT2D eigenvalue weighted by molar-refractivity contribution is 0.0990. The molecule has 29 heavy (non-hydrogen) atoms. The van der Waals surface area contributed by atoms with Crippen molar-refractivity contribution in [3.63, 3.8) is 0 Å². The third kappa shape index (κ3) is 3.55. The SMILES string of the molecule is CCN=C(C(O)=C(C)N)c1nc(-c2nc(C(N)=O)n3cc(C)ncc23)c(CN)o1. The lowest BCUT2D eigenvalue weighted by Crippen LogP contribution is -2.15. The summed E-state index contributed by atoms with van der Waals surface area (Å²) in [5.74, 6) is -0.596. The molecule has 3 aromatic rings. The molecule has 7 N–H and O–H groups in total. The fourth-order valence-corrected chi connectivity index (χ4v) is 2.80. The van der Waals surface area contributed by atoms with Crippen molar-refractivity contribution in [2.24, 2.45) is 22.2 Å². The molecule has 0 atom stereocenters. The van der Waals surface area contributed by atoms with Gasteiger partial charge in [-0.1, -0.05) is 0 Å². The summed E-state index contributed by atoms with van der Waals surface area (Å²) in [6.45, 7) is 5.47. The van der Waals surface area contributed by atoms with Crippen molar-refractivity contribution < 1.29 is 14.3 Å². The molecule has 0 aliphatic rings. The number of amides is 1. The van der Waals surface area contributed by atoms with Crippen molar-refractivity contribution in [2.45, 2.75) is 27.3 Å². The van der Waals surface area contributed by atoms with Crippen LogP contribution in [-0.4, -0.2) is 42.6 Å². The van der Waals surface area contributed by atoms with E-state index in [2.05, 4.69) is 19.9 Å². The Morgan fingerprint density at radius 2 is 2.03 bits per heavy atom. The van der Waals surface area contributed by atoms with E-state index >= 15 is 0 Å². The third-order valence-corrected chi connectivity index (χ3v) is 4.10. The van der Waals surface area contributed by atoms with Crippen LogP contribution < -0.4 is 17.2 Å². The summed E-state index contributed by atoms with van der Waals surface area (Å²) in [6, 6.07) is 0. The number of nitrogens with two attached hydrogens (primary N) is 3. The second-order valence-electron chi connectivity index (χ2n) is 6.28. The van der Waals surface area contributed by atoms with Crippen molar-refractivity contribution in [1.82, 2.24) is 19.4 Å². The van der Waals surface area contributed by atoms with Gasteiger partial charge in [0.25, 0.3) is 5.91 Å². The Balaban J connectivity index is 2.27. The maximum Gasteiger partial charge on any atom is 0.285 e.